The molecule has 2 aliphatic heterocycles. The molecule has 0 radical (unpaired) electrons. The second-order valence-corrected chi connectivity index (χ2v) is 10.2. The summed E-state index contributed by atoms with van der Waals surface area (Å²) < 4.78 is 33.3. The number of amides is 1. The van der Waals surface area contributed by atoms with Gasteiger partial charge >= 0.3 is 5.97 Å². The molecule has 0 aromatic heterocycles. The first kappa shape index (κ1) is 22.6. The van der Waals surface area contributed by atoms with Gasteiger partial charge in [0.05, 0.1) is 23.2 Å². The van der Waals surface area contributed by atoms with Crippen molar-refractivity contribution in [3.05, 3.63) is 58.6 Å². The quantitative estimate of drug-likeness (QED) is 0.616. The van der Waals surface area contributed by atoms with Crippen molar-refractivity contribution in [2.24, 2.45) is 5.92 Å². The van der Waals surface area contributed by atoms with Gasteiger partial charge in [-0.25, -0.2) is 8.42 Å². The zero-order valence-electron chi connectivity index (χ0n) is 17.8. The minimum Gasteiger partial charge on any atom is -0.466 e. The van der Waals surface area contributed by atoms with Crippen molar-refractivity contribution in [1.82, 2.24) is 4.90 Å². The third-order valence-electron chi connectivity index (χ3n) is 5.92. The Bertz CT molecular complexity index is 1150. The normalized spacial score (nSPS) is 18.4. The molecule has 1 fully saturated rings. The van der Waals surface area contributed by atoms with Crippen LogP contribution in [0.2, 0.25) is 5.02 Å². The molecule has 0 unspecified atom stereocenters. The number of carbonyl (C=O) groups excluding carboxylic acids is 2. The van der Waals surface area contributed by atoms with Gasteiger partial charge in [-0.15, -0.1) is 0 Å². The van der Waals surface area contributed by atoms with E-state index in [4.69, 9.17) is 16.3 Å². The number of sulfonamides is 1. The summed E-state index contributed by atoms with van der Waals surface area (Å²) in [4.78, 5) is 26.8. The molecule has 32 heavy (non-hydrogen) atoms. The average molecular weight is 477 g/mol. The smallest absolute Gasteiger partial charge is 0.310 e. The molecule has 1 saturated heterocycles. The first-order chi connectivity index (χ1) is 15.3. The van der Waals surface area contributed by atoms with E-state index in [1.54, 1.807) is 24.0 Å². The first-order valence-electron chi connectivity index (χ1n) is 10.7. The van der Waals surface area contributed by atoms with E-state index in [2.05, 4.69) is 0 Å². The lowest BCUT2D eigenvalue weighted by Crippen LogP contribution is -2.42. The Morgan fingerprint density at radius 1 is 1.16 bits per heavy atom. The lowest BCUT2D eigenvalue weighted by atomic mass is 9.97. The molecule has 170 valence electrons. The Morgan fingerprint density at radius 2 is 1.94 bits per heavy atom. The Balaban J connectivity index is 1.60. The number of ether oxygens (including phenoxy) is 1. The number of carbonyl (C=O) groups is 2. The number of nitrogens with zero attached hydrogens (tertiary/aromatic N) is 2. The zero-order valence-corrected chi connectivity index (χ0v) is 19.4. The molecule has 0 aliphatic carbocycles. The fourth-order valence-corrected chi connectivity index (χ4v) is 6.31. The topological polar surface area (TPSA) is 84.0 Å². The highest BCUT2D eigenvalue weighted by Crippen LogP contribution is 2.35. The molecule has 0 N–H and O–H groups in total. The fourth-order valence-electron chi connectivity index (χ4n) is 4.31. The average Bonchev–Trinajstić information content (AvgIpc) is 3.24. The van der Waals surface area contributed by atoms with Crippen LogP contribution in [0.25, 0.3) is 0 Å². The van der Waals surface area contributed by atoms with E-state index < -0.39 is 10.0 Å². The maximum Gasteiger partial charge on any atom is 0.310 e. The maximum atomic E-state index is 13.4. The Morgan fingerprint density at radius 3 is 2.72 bits per heavy atom. The van der Waals surface area contributed by atoms with Crippen LogP contribution in [0.15, 0.2) is 47.4 Å². The van der Waals surface area contributed by atoms with Gasteiger partial charge in [0.25, 0.3) is 15.9 Å². The molecule has 1 atom stereocenters. The van der Waals surface area contributed by atoms with Gasteiger partial charge in [0.15, 0.2) is 0 Å². The summed E-state index contributed by atoms with van der Waals surface area (Å²) in [5, 5.41) is 0.0639. The predicted molar refractivity (Wildman–Crippen MR) is 121 cm³/mol. The van der Waals surface area contributed by atoms with E-state index in [1.807, 2.05) is 12.1 Å². The van der Waals surface area contributed by atoms with Crippen LogP contribution in [0.3, 0.4) is 0 Å². The molecule has 0 spiro atoms. The van der Waals surface area contributed by atoms with E-state index in [0.717, 1.165) is 5.56 Å². The number of fused-ring (bicyclic) bond motifs is 1. The second-order valence-electron chi connectivity index (χ2n) is 7.94. The molecule has 1 amide bonds. The van der Waals surface area contributed by atoms with Crippen LogP contribution < -0.4 is 4.31 Å². The van der Waals surface area contributed by atoms with Crippen LogP contribution in [0.4, 0.5) is 5.69 Å². The van der Waals surface area contributed by atoms with Crippen LogP contribution in [0.5, 0.6) is 0 Å². The van der Waals surface area contributed by atoms with Gasteiger partial charge in [-0.2, -0.15) is 0 Å². The molecular weight excluding hydrogens is 452 g/mol. The number of para-hydroxylation sites is 1. The third-order valence-corrected chi connectivity index (χ3v) is 8.21. The maximum absolute atomic E-state index is 13.4. The highest BCUT2D eigenvalue weighted by atomic mass is 35.5. The Labute approximate surface area is 193 Å². The van der Waals surface area contributed by atoms with Gasteiger partial charge in [0.1, 0.15) is 4.90 Å². The highest BCUT2D eigenvalue weighted by molar-refractivity contribution is 7.93. The van der Waals surface area contributed by atoms with E-state index in [9.17, 15) is 18.0 Å². The Kier molecular flexibility index (Phi) is 6.44. The SMILES string of the molecule is CCOC(=O)[C@H]1CCCN(C(=O)c2ccc(Cl)c(S(=O)(=O)N3CCc4ccccc43)c2)C1. The van der Waals surface area contributed by atoms with Gasteiger partial charge < -0.3 is 9.64 Å². The van der Waals surface area contributed by atoms with Crippen molar-refractivity contribution in [3.8, 4) is 0 Å². The van der Waals surface area contributed by atoms with Crippen LogP contribution in [0, 0.1) is 5.92 Å². The lowest BCUT2D eigenvalue weighted by molar-refractivity contribution is -0.149. The van der Waals surface area contributed by atoms with Crippen LogP contribution in [0.1, 0.15) is 35.7 Å². The summed E-state index contributed by atoms with van der Waals surface area (Å²) >= 11 is 6.28. The largest absolute Gasteiger partial charge is 0.466 e. The molecule has 4 rings (SSSR count). The predicted octanol–water partition coefficient (Wildman–Crippen LogP) is 3.51. The zero-order chi connectivity index (χ0) is 22.9. The second kappa shape index (κ2) is 9.11. The standard InChI is InChI=1S/C23H25ClN2O5S/c1-2-31-23(28)18-7-5-12-25(15-18)22(27)17-9-10-19(24)21(14-17)32(29,30)26-13-11-16-6-3-4-8-20(16)26/h3-4,6,8-10,14,18H,2,5,7,11-13,15H2,1H3/t18-/m0/s1. The number of hydrogen-bond acceptors (Lipinski definition) is 5. The molecule has 9 heteroatoms. The lowest BCUT2D eigenvalue weighted by Gasteiger charge is -2.31. The van der Waals surface area contributed by atoms with Gasteiger partial charge in [-0.1, -0.05) is 29.8 Å². The van der Waals surface area contributed by atoms with E-state index in [0.29, 0.717) is 44.6 Å². The van der Waals surface area contributed by atoms with Crippen molar-refractivity contribution in [2.45, 2.75) is 31.1 Å². The van der Waals surface area contributed by atoms with Gasteiger partial charge in [-0.3, -0.25) is 13.9 Å². The number of piperidine rings is 1. The van der Waals surface area contributed by atoms with Crippen LogP contribution in [-0.2, 0) is 26.0 Å². The number of rotatable bonds is 5. The van der Waals surface area contributed by atoms with Crippen LogP contribution in [-0.4, -0.2) is 51.4 Å². The highest BCUT2D eigenvalue weighted by Gasteiger charge is 2.34. The summed E-state index contributed by atoms with van der Waals surface area (Å²) in [5.41, 5.74) is 1.82. The van der Waals surface area contributed by atoms with Crippen molar-refractivity contribution in [3.63, 3.8) is 0 Å². The number of anilines is 1. The van der Waals surface area contributed by atoms with E-state index in [-0.39, 0.29) is 39.8 Å². The van der Waals surface area contributed by atoms with Gasteiger partial charge in [-0.05, 0) is 56.0 Å². The molecule has 2 aliphatic rings. The molecular formula is C23H25ClN2O5S. The molecule has 2 heterocycles. The van der Waals surface area contributed by atoms with Crippen molar-refractivity contribution >= 4 is 39.2 Å². The molecule has 2 aromatic carbocycles. The molecule has 0 saturated carbocycles. The first-order valence-corrected chi connectivity index (χ1v) is 12.5. The molecule has 7 nitrogen and oxygen atoms in total. The summed E-state index contributed by atoms with van der Waals surface area (Å²) in [5.74, 6) is -1.00. The Hall–Kier alpha value is -2.58. The van der Waals surface area contributed by atoms with Crippen molar-refractivity contribution in [1.29, 1.82) is 0 Å². The van der Waals surface area contributed by atoms with E-state index in [1.165, 1.54) is 22.5 Å². The summed E-state index contributed by atoms with van der Waals surface area (Å²) in [6, 6.07) is 11.7. The fraction of sp³-hybridized carbons (Fsp3) is 0.391. The monoisotopic (exact) mass is 476 g/mol. The van der Waals surface area contributed by atoms with Gasteiger partial charge in [0, 0.05) is 25.2 Å². The van der Waals surface area contributed by atoms with E-state index >= 15 is 0 Å². The number of hydrogen-bond donors (Lipinski definition) is 0. The number of benzene rings is 2. The summed E-state index contributed by atoms with van der Waals surface area (Å²) in [7, 11) is -3.94. The number of halogens is 1. The summed E-state index contributed by atoms with van der Waals surface area (Å²) in [6.07, 6.45) is 1.96. The van der Waals surface area contributed by atoms with Crippen molar-refractivity contribution < 1.29 is 22.7 Å². The summed E-state index contributed by atoms with van der Waals surface area (Å²) in [6.45, 7) is 3.11. The van der Waals surface area contributed by atoms with Crippen LogP contribution >= 0.6 is 11.6 Å². The minimum atomic E-state index is -3.94. The third kappa shape index (κ3) is 4.21. The van der Waals surface area contributed by atoms with Crippen molar-refractivity contribution in [2.75, 3.05) is 30.5 Å². The minimum absolute atomic E-state index is 0.0639. The molecule has 0 bridgehead atoms. The number of likely N-dealkylation sites (tertiary alicyclic amines) is 1. The number of esters is 1. The van der Waals surface area contributed by atoms with Gasteiger partial charge in [0.2, 0.25) is 0 Å². The molecule has 2 aromatic rings.